The van der Waals surface area contributed by atoms with Crippen molar-refractivity contribution in [3.63, 3.8) is 0 Å². The number of nitrogens with two attached hydrogens (primary N) is 1. The number of Topliss-reactive ketones (excluding diaryl/α,β-unsaturated/α-hetero) is 1. The molecule has 1 aliphatic rings. The lowest BCUT2D eigenvalue weighted by Crippen LogP contribution is -2.36. The molecule has 8 heteroatoms. The Bertz CT molecular complexity index is 1730. The largest absolute Gasteiger partial charge is 0.489 e. The van der Waals surface area contributed by atoms with E-state index >= 15 is 0 Å². The molecular formula is C34H31NO5S2. The molecule has 0 saturated carbocycles. The molecule has 0 radical (unpaired) electrons. The number of benzene rings is 3. The fourth-order valence-electron chi connectivity index (χ4n) is 5.14. The molecule has 4 aromatic rings. The van der Waals surface area contributed by atoms with E-state index in [4.69, 9.17) is 15.2 Å². The van der Waals surface area contributed by atoms with E-state index < -0.39 is 17.0 Å². The number of fused-ring (bicyclic) bond motifs is 1. The number of ether oxygens (including phenoxy) is 2. The summed E-state index contributed by atoms with van der Waals surface area (Å²) in [6.45, 7) is 6.31. The smallest absolute Gasteiger partial charge is 0.259 e. The highest BCUT2D eigenvalue weighted by molar-refractivity contribution is 8.15. The second-order valence-electron chi connectivity index (χ2n) is 10.2. The molecule has 1 aromatic heterocycles. The fourth-order valence-corrected chi connectivity index (χ4v) is 6.99. The van der Waals surface area contributed by atoms with Gasteiger partial charge in [-0.1, -0.05) is 41.9 Å². The zero-order chi connectivity index (χ0) is 29.8. The summed E-state index contributed by atoms with van der Waals surface area (Å²) in [6, 6.07) is 19.9. The minimum atomic E-state index is -0.715. The molecule has 1 amide bonds. The second kappa shape index (κ2) is 12.8. The van der Waals surface area contributed by atoms with Crippen LogP contribution in [0.2, 0.25) is 0 Å². The van der Waals surface area contributed by atoms with Crippen LogP contribution in [0.3, 0.4) is 0 Å². The number of aryl methyl sites for hydroxylation is 2. The molecular weight excluding hydrogens is 567 g/mol. The highest BCUT2D eigenvalue weighted by Gasteiger charge is 2.32. The third kappa shape index (κ3) is 6.53. The molecule has 3 aromatic carbocycles. The number of ketones is 1. The first-order chi connectivity index (χ1) is 20.2. The van der Waals surface area contributed by atoms with Crippen LogP contribution in [0.5, 0.6) is 11.5 Å². The molecule has 1 aliphatic heterocycles. The van der Waals surface area contributed by atoms with Gasteiger partial charge < -0.3 is 15.2 Å². The fraction of sp³-hybridized carbons (Fsp3) is 0.265. The van der Waals surface area contributed by atoms with Crippen molar-refractivity contribution in [2.24, 2.45) is 5.73 Å². The minimum Gasteiger partial charge on any atom is -0.489 e. The summed E-state index contributed by atoms with van der Waals surface area (Å²) in [5, 5.41) is 0.732. The number of primary amides is 1. The van der Waals surface area contributed by atoms with Crippen molar-refractivity contribution >= 4 is 50.0 Å². The van der Waals surface area contributed by atoms with Crippen LogP contribution >= 0.6 is 23.1 Å². The molecule has 5 rings (SSSR count). The van der Waals surface area contributed by atoms with Crippen LogP contribution < -0.4 is 15.2 Å². The van der Waals surface area contributed by atoms with Crippen molar-refractivity contribution in [2.45, 2.75) is 52.2 Å². The summed E-state index contributed by atoms with van der Waals surface area (Å²) < 4.78 is 13.2. The van der Waals surface area contributed by atoms with Gasteiger partial charge in [0, 0.05) is 39.1 Å². The van der Waals surface area contributed by atoms with Crippen molar-refractivity contribution < 1.29 is 23.9 Å². The molecule has 0 spiro atoms. The normalized spacial score (nSPS) is 15.6. The third-order valence-electron chi connectivity index (χ3n) is 7.19. The van der Waals surface area contributed by atoms with E-state index in [1.807, 2.05) is 49.4 Å². The Morgan fingerprint density at radius 2 is 1.81 bits per heavy atom. The van der Waals surface area contributed by atoms with Gasteiger partial charge in [-0.05, 0) is 79.4 Å². The van der Waals surface area contributed by atoms with E-state index in [9.17, 15) is 14.4 Å². The van der Waals surface area contributed by atoms with Gasteiger partial charge in [-0.2, -0.15) is 0 Å². The Morgan fingerprint density at radius 3 is 2.52 bits per heavy atom. The molecule has 214 valence electrons. The third-order valence-corrected chi connectivity index (χ3v) is 9.18. The van der Waals surface area contributed by atoms with Gasteiger partial charge in [0.15, 0.2) is 6.10 Å². The molecule has 2 atom stereocenters. The van der Waals surface area contributed by atoms with Crippen LogP contribution in [0, 0.1) is 25.7 Å². The predicted molar refractivity (Wildman–Crippen MR) is 169 cm³/mol. The average Bonchev–Trinajstić information content (AvgIpc) is 3.29. The van der Waals surface area contributed by atoms with E-state index in [2.05, 4.69) is 37.0 Å². The van der Waals surface area contributed by atoms with E-state index in [1.165, 1.54) is 15.1 Å². The lowest BCUT2D eigenvalue weighted by atomic mass is 9.96. The lowest BCUT2D eigenvalue weighted by Gasteiger charge is -2.21. The number of amides is 1. The maximum absolute atomic E-state index is 12.2. The summed E-state index contributed by atoms with van der Waals surface area (Å²) >= 11 is 2.81. The number of hydrogen-bond acceptors (Lipinski definition) is 7. The first kappa shape index (κ1) is 29.4. The number of carbonyl (C=O) groups excluding carboxylic acids is 3. The van der Waals surface area contributed by atoms with Crippen LogP contribution in [0.4, 0.5) is 0 Å². The Kier molecular flexibility index (Phi) is 9.00. The van der Waals surface area contributed by atoms with Gasteiger partial charge in [0.2, 0.25) is 11.7 Å². The first-order valence-corrected chi connectivity index (χ1v) is 15.5. The van der Waals surface area contributed by atoms with Crippen LogP contribution in [0.1, 0.15) is 47.3 Å². The number of rotatable bonds is 9. The minimum absolute atomic E-state index is 0.180. The van der Waals surface area contributed by atoms with E-state index in [-0.39, 0.29) is 18.2 Å². The summed E-state index contributed by atoms with van der Waals surface area (Å²) in [6.07, 6.45) is -0.00466. The number of carbonyl (C=O) groups is 3. The van der Waals surface area contributed by atoms with Gasteiger partial charge in [-0.25, -0.2) is 0 Å². The summed E-state index contributed by atoms with van der Waals surface area (Å²) in [7, 11) is 0. The van der Waals surface area contributed by atoms with Crippen molar-refractivity contribution in [3.8, 4) is 34.5 Å². The second-order valence-corrected chi connectivity index (χ2v) is 12.5. The van der Waals surface area contributed by atoms with Gasteiger partial charge in [0.25, 0.3) is 5.12 Å². The van der Waals surface area contributed by atoms with Gasteiger partial charge in [-0.3, -0.25) is 14.4 Å². The SMILES string of the molecule is CC#C[C@@H](CC(N)=O)c1ccc(OCc2ccc3sc(C)c(-c4ccc(OC5CCSC(=O)C5=O)cc4C)c3c2)cc1. The van der Waals surface area contributed by atoms with Crippen LogP contribution in [0.25, 0.3) is 21.2 Å². The standard InChI is InChI=1S/C34H31NO5S2/c1-4-5-24(18-31(35)36)23-7-9-25(10-8-23)39-19-22-6-13-30-28(17-22)32(21(3)42-30)27-12-11-26(16-20(27)2)40-29-14-15-41-34(38)33(29)37/h6-13,16-17,24,29H,14-15,18-19H2,1-3H3,(H2,35,36)/t24-,29?/m0/s1. The Labute approximate surface area is 253 Å². The van der Waals surface area contributed by atoms with Crippen molar-refractivity contribution in [2.75, 3.05) is 5.75 Å². The zero-order valence-electron chi connectivity index (χ0n) is 23.7. The topological polar surface area (TPSA) is 95.7 Å². The van der Waals surface area contributed by atoms with E-state index in [0.29, 0.717) is 24.5 Å². The zero-order valence-corrected chi connectivity index (χ0v) is 25.3. The maximum atomic E-state index is 12.2. The summed E-state index contributed by atoms with van der Waals surface area (Å²) in [5.41, 5.74) is 10.7. The number of thioether (sulfide) groups is 1. The quantitative estimate of drug-likeness (QED) is 0.170. The first-order valence-electron chi connectivity index (χ1n) is 13.7. The summed E-state index contributed by atoms with van der Waals surface area (Å²) in [5.74, 6) is 6.76. The van der Waals surface area contributed by atoms with Crippen molar-refractivity contribution in [1.82, 2.24) is 0 Å². The Balaban J connectivity index is 1.33. The molecule has 2 N–H and O–H groups in total. The summed E-state index contributed by atoms with van der Waals surface area (Å²) in [4.78, 5) is 36.6. The molecule has 2 heterocycles. The molecule has 42 heavy (non-hydrogen) atoms. The van der Waals surface area contributed by atoms with Crippen LogP contribution in [-0.2, 0) is 21.0 Å². The predicted octanol–water partition coefficient (Wildman–Crippen LogP) is 6.73. The lowest BCUT2D eigenvalue weighted by molar-refractivity contribution is -0.136. The molecule has 1 saturated heterocycles. The van der Waals surface area contributed by atoms with Gasteiger partial charge >= 0.3 is 0 Å². The van der Waals surface area contributed by atoms with Crippen molar-refractivity contribution in [1.29, 1.82) is 0 Å². The van der Waals surface area contributed by atoms with E-state index in [1.54, 1.807) is 18.3 Å². The number of thiophene rings is 1. The van der Waals surface area contributed by atoms with E-state index in [0.717, 1.165) is 45.2 Å². The Morgan fingerprint density at radius 1 is 1.05 bits per heavy atom. The maximum Gasteiger partial charge on any atom is 0.259 e. The molecule has 1 unspecified atom stereocenters. The molecule has 1 fully saturated rings. The molecule has 0 bridgehead atoms. The number of hydrogen-bond donors (Lipinski definition) is 1. The van der Waals surface area contributed by atoms with Gasteiger partial charge in [-0.15, -0.1) is 17.3 Å². The van der Waals surface area contributed by atoms with Crippen LogP contribution in [0.15, 0.2) is 60.7 Å². The van der Waals surface area contributed by atoms with Gasteiger partial charge in [0.05, 0.1) is 5.92 Å². The highest BCUT2D eigenvalue weighted by Crippen LogP contribution is 2.41. The highest BCUT2D eigenvalue weighted by atomic mass is 32.2. The molecule has 6 nitrogen and oxygen atoms in total. The average molecular weight is 598 g/mol. The molecule has 0 aliphatic carbocycles. The Hall–Kier alpha value is -4.06. The van der Waals surface area contributed by atoms with Crippen molar-refractivity contribution in [3.05, 3.63) is 82.2 Å². The van der Waals surface area contributed by atoms with Crippen LogP contribution in [-0.4, -0.2) is 28.7 Å². The monoisotopic (exact) mass is 597 g/mol. The van der Waals surface area contributed by atoms with Gasteiger partial charge in [0.1, 0.15) is 18.1 Å².